The Morgan fingerprint density at radius 2 is 2.00 bits per heavy atom. The number of halogens is 3. The molecule has 1 unspecified atom stereocenters. The van der Waals surface area contributed by atoms with Crippen molar-refractivity contribution in [2.45, 2.75) is 6.92 Å². The zero-order valence-electron chi connectivity index (χ0n) is 8.02. The fraction of sp³-hybridized carbons (Fsp3) is 0.300. The van der Waals surface area contributed by atoms with Crippen LogP contribution in [0.15, 0.2) is 16.6 Å². The van der Waals surface area contributed by atoms with Gasteiger partial charge < -0.3 is 5.32 Å². The first-order valence-electron chi connectivity index (χ1n) is 4.32. The molecule has 0 aromatic heterocycles. The topological polar surface area (TPSA) is 35.8 Å². The van der Waals surface area contributed by atoms with Crippen molar-refractivity contribution < 1.29 is 0 Å². The van der Waals surface area contributed by atoms with Gasteiger partial charge >= 0.3 is 0 Å². The van der Waals surface area contributed by atoms with Crippen LogP contribution in [0, 0.1) is 17.2 Å². The van der Waals surface area contributed by atoms with Gasteiger partial charge in [-0.2, -0.15) is 5.26 Å². The predicted octanol–water partition coefficient (Wildman–Crippen LogP) is 4.33. The third-order valence-corrected chi connectivity index (χ3v) is 2.87. The van der Waals surface area contributed by atoms with E-state index < -0.39 is 0 Å². The molecule has 1 N–H and O–H groups in total. The second-order valence-corrected chi connectivity index (χ2v) is 4.89. The second kappa shape index (κ2) is 5.60. The van der Waals surface area contributed by atoms with E-state index in [0.717, 1.165) is 4.47 Å². The minimum absolute atomic E-state index is 0.0826. The van der Waals surface area contributed by atoms with E-state index >= 15 is 0 Å². The minimum Gasteiger partial charge on any atom is -0.381 e. The summed E-state index contributed by atoms with van der Waals surface area (Å²) in [6.07, 6.45) is 0. The Labute approximate surface area is 107 Å². The first-order chi connectivity index (χ1) is 7.04. The van der Waals surface area contributed by atoms with E-state index in [0.29, 0.717) is 22.3 Å². The van der Waals surface area contributed by atoms with Crippen molar-refractivity contribution in [1.82, 2.24) is 0 Å². The molecule has 80 valence electrons. The third kappa shape index (κ3) is 3.57. The molecule has 1 atom stereocenters. The second-order valence-electron chi connectivity index (χ2n) is 3.16. The Kier molecular flexibility index (Phi) is 4.72. The van der Waals surface area contributed by atoms with Crippen LogP contribution < -0.4 is 5.32 Å². The molecule has 0 aliphatic carbocycles. The van der Waals surface area contributed by atoms with Gasteiger partial charge in [0.25, 0.3) is 0 Å². The molecule has 0 heterocycles. The average Bonchev–Trinajstić information content (AvgIpc) is 2.15. The van der Waals surface area contributed by atoms with Crippen LogP contribution in [-0.4, -0.2) is 6.54 Å². The maximum absolute atomic E-state index is 8.63. The number of nitrogens with zero attached hydrogens (tertiary/aromatic N) is 1. The van der Waals surface area contributed by atoms with E-state index in [2.05, 4.69) is 27.3 Å². The van der Waals surface area contributed by atoms with Crippen LogP contribution in [0.2, 0.25) is 10.0 Å². The number of hydrogen-bond acceptors (Lipinski definition) is 2. The van der Waals surface area contributed by atoms with Gasteiger partial charge in [0.2, 0.25) is 0 Å². The summed E-state index contributed by atoms with van der Waals surface area (Å²) in [4.78, 5) is 0. The van der Waals surface area contributed by atoms with Crippen molar-refractivity contribution in [3.8, 4) is 6.07 Å². The predicted molar refractivity (Wildman–Crippen MR) is 67.4 cm³/mol. The van der Waals surface area contributed by atoms with Crippen LogP contribution in [0.1, 0.15) is 6.92 Å². The smallest absolute Gasteiger partial charge is 0.0720 e. The van der Waals surface area contributed by atoms with Gasteiger partial charge in [-0.15, -0.1) is 0 Å². The zero-order valence-corrected chi connectivity index (χ0v) is 11.1. The lowest BCUT2D eigenvalue weighted by Gasteiger charge is -2.11. The van der Waals surface area contributed by atoms with Crippen LogP contribution in [-0.2, 0) is 0 Å². The molecule has 0 aliphatic heterocycles. The lowest BCUT2D eigenvalue weighted by molar-refractivity contribution is 0.786. The van der Waals surface area contributed by atoms with E-state index in [1.807, 2.05) is 6.92 Å². The molecule has 0 fully saturated rings. The first kappa shape index (κ1) is 12.6. The molecule has 0 aliphatic rings. The fourth-order valence-corrected chi connectivity index (χ4v) is 2.35. The molecule has 0 saturated carbocycles. The molecule has 0 saturated heterocycles. The van der Waals surface area contributed by atoms with E-state index in [9.17, 15) is 0 Å². The summed E-state index contributed by atoms with van der Waals surface area (Å²) in [6.45, 7) is 2.35. The van der Waals surface area contributed by atoms with Crippen molar-refractivity contribution in [2.24, 2.45) is 5.92 Å². The Balaban J connectivity index is 2.82. The molecule has 0 amide bonds. The molecular formula is C10H9BrCl2N2. The summed E-state index contributed by atoms with van der Waals surface area (Å²) in [6, 6.07) is 5.64. The van der Waals surface area contributed by atoms with Crippen LogP contribution in [0.3, 0.4) is 0 Å². The lowest BCUT2D eigenvalue weighted by Crippen LogP contribution is -2.09. The van der Waals surface area contributed by atoms with Crippen molar-refractivity contribution >= 4 is 44.8 Å². The molecule has 0 radical (unpaired) electrons. The summed E-state index contributed by atoms with van der Waals surface area (Å²) in [5.41, 5.74) is 0.670. The lowest BCUT2D eigenvalue weighted by atomic mass is 10.2. The van der Waals surface area contributed by atoms with Gasteiger partial charge in [-0.25, -0.2) is 0 Å². The molecular weight excluding hydrogens is 299 g/mol. The molecule has 5 heteroatoms. The molecule has 1 aromatic rings. The highest BCUT2D eigenvalue weighted by molar-refractivity contribution is 9.10. The molecule has 1 rings (SSSR count). The van der Waals surface area contributed by atoms with Crippen LogP contribution >= 0.6 is 39.1 Å². The highest BCUT2D eigenvalue weighted by Gasteiger charge is 2.08. The SMILES string of the molecule is CC(C#N)CNc1c(Cl)cc(Br)cc1Cl. The molecule has 0 bridgehead atoms. The quantitative estimate of drug-likeness (QED) is 0.902. The van der Waals surface area contributed by atoms with E-state index in [-0.39, 0.29) is 5.92 Å². The number of nitriles is 1. The van der Waals surface area contributed by atoms with Gasteiger partial charge in [0.05, 0.1) is 27.7 Å². The summed E-state index contributed by atoms with van der Waals surface area (Å²) in [7, 11) is 0. The summed E-state index contributed by atoms with van der Waals surface area (Å²) in [5, 5.41) is 12.8. The molecule has 0 spiro atoms. The highest BCUT2D eigenvalue weighted by Crippen LogP contribution is 2.33. The molecule has 15 heavy (non-hydrogen) atoms. The summed E-state index contributed by atoms with van der Waals surface area (Å²) < 4.78 is 0.830. The number of anilines is 1. The van der Waals surface area contributed by atoms with E-state index in [4.69, 9.17) is 28.5 Å². The number of nitrogens with one attached hydrogen (secondary N) is 1. The molecule has 1 aromatic carbocycles. The summed E-state index contributed by atoms with van der Waals surface area (Å²) >= 11 is 15.3. The average molecular weight is 308 g/mol. The van der Waals surface area contributed by atoms with E-state index in [1.54, 1.807) is 12.1 Å². The van der Waals surface area contributed by atoms with Gasteiger partial charge in [0.1, 0.15) is 0 Å². The maximum Gasteiger partial charge on any atom is 0.0720 e. The highest BCUT2D eigenvalue weighted by atomic mass is 79.9. The monoisotopic (exact) mass is 306 g/mol. The van der Waals surface area contributed by atoms with Gasteiger partial charge in [-0.05, 0) is 19.1 Å². The Hall–Kier alpha value is -0.430. The minimum atomic E-state index is -0.0826. The zero-order chi connectivity index (χ0) is 11.4. The van der Waals surface area contributed by atoms with Crippen molar-refractivity contribution in [2.75, 3.05) is 11.9 Å². The van der Waals surface area contributed by atoms with E-state index in [1.165, 1.54) is 0 Å². The normalized spacial score (nSPS) is 11.9. The van der Waals surface area contributed by atoms with Gasteiger partial charge in [0.15, 0.2) is 0 Å². The first-order valence-corrected chi connectivity index (χ1v) is 5.87. The Morgan fingerprint density at radius 1 is 1.47 bits per heavy atom. The van der Waals surface area contributed by atoms with Crippen LogP contribution in [0.4, 0.5) is 5.69 Å². The number of hydrogen-bond donors (Lipinski definition) is 1. The Morgan fingerprint density at radius 3 is 2.47 bits per heavy atom. The van der Waals surface area contributed by atoms with Crippen molar-refractivity contribution in [3.63, 3.8) is 0 Å². The maximum atomic E-state index is 8.63. The van der Waals surface area contributed by atoms with Crippen molar-refractivity contribution in [3.05, 3.63) is 26.7 Å². The van der Waals surface area contributed by atoms with Gasteiger partial charge in [-0.1, -0.05) is 39.1 Å². The largest absolute Gasteiger partial charge is 0.381 e. The van der Waals surface area contributed by atoms with Crippen molar-refractivity contribution in [1.29, 1.82) is 5.26 Å². The number of benzene rings is 1. The number of rotatable bonds is 3. The Bertz CT molecular complexity index is 378. The van der Waals surface area contributed by atoms with Gasteiger partial charge in [-0.3, -0.25) is 0 Å². The van der Waals surface area contributed by atoms with Crippen LogP contribution in [0.5, 0.6) is 0 Å². The third-order valence-electron chi connectivity index (χ3n) is 1.81. The van der Waals surface area contributed by atoms with Crippen LogP contribution in [0.25, 0.3) is 0 Å². The standard InChI is InChI=1S/C10H9BrCl2N2/c1-6(4-14)5-15-10-8(12)2-7(11)3-9(10)13/h2-3,6,15H,5H2,1H3. The molecule has 2 nitrogen and oxygen atoms in total. The fourth-order valence-electron chi connectivity index (χ4n) is 1.01. The van der Waals surface area contributed by atoms with Gasteiger partial charge in [0, 0.05) is 11.0 Å². The summed E-state index contributed by atoms with van der Waals surface area (Å²) in [5.74, 6) is -0.0826.